The van der Waals surface area contributed by atoms with Crippen LogP contribution in [0.2, 0.25) is 0 Å². The van der Waals surface area contributed by atoms with Crippen molar-refractivity contribution in [1.29, 1.82) is 0 Å². The van der Waals surface area contributed by atoms with Crippen molar-refractivity contribution >= 4 is 15.9 Å². The first-order valence-electron chi connectivity index (χ1n) is 9.84. The van der Waals surface area contributed by atoms with Crippen LogP contribution in [-0.2, 0) is 15.4 Å². The molecule has 0 N–H and O–H groups in total. The van der Waals surface area contributed by atoms with Crippen molar-refractivity contribution in [2.24, 2.45) is 0 Å². The Labute approximate surface area is 173 Å². The Bertz CT molecular complexity index is 1000. The fourth-order valence-electron chi connectivity index (χ4n) is 3.49. The minimum Gasteiger partial charge on any atom is -0.336 e. The maximum Gasteiger partial charge on any atom is 0.255 e. The molecule has 7 heteroatoms. The summed E-state index contributed by atoms with van der Waals surface area (Å²) in [5, 5.41) is 0. The average molecular weight is 416 g/mol. The number of piperazine rings is 1. The number of carbonyl (C=O) groups is 1. The second-order valence-corrected chi connectivity index (χ2v) is 10.5. The monoisotopic (exact) mass is 415 g/mol. The van der Waals surface area contributed by atoms with Crippen molar-refractivity contribution < 1.29 is 13.2 Å². The van der Waals surface area contributed by atoms with Crippen molar-refractivity contribution in [3.05, 3.63) is 58.9 Å². The predicted molar refractivity (Wildman–Crippen MR) is 114 cm³/mol. The van der Waals surface area contributed by atoms with Gasteiger partial charge in [0.05, 0.1) is 16.2 Å². The first-order chi connectivity index (χ1) is 13.5. The molecular weight excluding hydrogens is 386 g/mol. The zero-order valence-corrected chi connectivity index (χ0v) is 18.6. The molecule has 0 bridgehead atoms. The van der Waals surface area contributed by atoms with Gasteiger partial charge in [-0.2, -0.15) is 4.31 Å². The highest BCUT2D eigenvalue weighted by Crippen LogP contribution is 2.25. The van der Waals surface area contributed by atoms with Crippen LogP contribution in [0.3, 0.4) is 0 Å². The third-order valence-corrected chi connectivity index (χ3v) is 7.25. The quantitative estimate of drug-likeness (QED) is 0.772. The summed E-state index contributed by atoms with van der Waals surface area (Å²) in [5.74, 6) is -0.0958. The van der Waals surface area contributed by atoms with Gasteiger partial charge in [0, 0.05) is 31.9 Å². The van der Waals surface area contributed by atoms with Gasteiger partial charge in [-0.05, 0) is 49.1 Å². The molecule has 1 aliphatic heterocycles. The Hall–Kier alpha value is -2.25. The van der Waals surface area contributed by atoms with E-state index in [1.54, 1.807) is 23.1 Å². The van der Waals surface area contributed by atoms with E-state index in [0.29, 0.717) is 29.2 Å². The van der Waals surface area contributed by atoms with Crippen LogP contribution in [0.1, 0.15) is 48.1 Å². The molecule has 0 radical (unpaired) electrons. The van der Waals surface area contributed by atoms with Crippen LogP contribution in [0, 0.1) is 13.8 Å². The zero-order valence-electron chi connectivity index (χ0n) is 17.8. The van der Waals surface area contributed by atoms with Crippen LogP contribution in [0.4, 0.5) is 0 Å². The molecule has 1 fully saturated rings. The Balaban J connectivity index is 1.70. The SMILES string of the molecule is Cc1ccc(C(=O)N2CCN(S(=O)(=O)c3ccc(C(C)(C)C)cc3)CC2)c(C)n1. The van der Waals surface area contributed by atoms with Gasteiger partial charge in [0.2, 0.25) is 10.0 Å². The number of nitrogens with zero attached hydrogens (tertiary/aromatic N) is 3. The molecule has 0 atom stereocenters. The summed E-state index contributed by atoms with van der Waals surface area (Å²) in [6, 6.07) is 10.7. The largest absolute Gasteiger partial charge is 0.336 e. The zero-order chi connectivity index (χ0) is 21.4. The lowest BCUT2D eigenvalue weighted by molar-refractivity contribution is 0.0696. The van der Waals surface area contributed by atoms with Gasteiger partial charge in [0.15, 0.2) is 0 Å². The van der Waals surface area contributed by atoms with Gasteiger partial charge in [-0.1, -0.05) is 32.9 Å². The van der Waals surface area contributed by atoms with E-state index in [1.165, 1.54) is 4.31 Å². The summed E-state index contributed by atoms with van der Waals surface area (Å²) < 4.78 is 27.5. The Morgan fingerprint density at radius 3 is 2.03 bits per heavy atom. The fourth-order valence-corrected chi connectivity index (χ4v) is 4.91. The summed E-state index contributed by atoms with van der Waals surface area (Å²) in [7, 11) is -3.57. The number of hydrogen-bond acceptors (Lipinski definition) is 4. The molecule has 0 aliphatic carbocycles. The second kappa shape index (κ2) is 7.88. The van der Waals surface area contributed by atoms with E-state index in [9.17, 15) is 13.2 Å². The maximum absolute atomic E-state index is 13.0. The Morgan fingerprint density at radius 1 is 0.931 bits per heavy atom. The minimum absolute atomic E-state index is 0.0305. The molecule has 0 unspecified atom stereocenters. The molecule has 6 nitrogen and oxygen atoms in total. The summed E-state index contributed by atoms with van der Waals surface area (Å²) in [4.78, 5) is 19.2. The van der Waals surface area contributed by atoms with Crippen LogP contribution in [0.15, 0.2) is 41.3 Å². The molecule has 1 aliphatic rings. The number of hydrogen-bond donors (Lipinski definition) is 0. The number of amides is 1. The molecule has 0 spiro atoms. The molecule has 3 rings (SSSR count). The molecule has 2 heterocycles. The molecule has 0 saturated carbocycles. The standard InChI is InChI=1S/C22H29N3O3S/c1-16-6-11-20(17(2)23-16)21(26)24-12-14-25(15-13-24)29(27,28)19-9-7-18(8-10-19)22(3,4)5/h6-11H,12-15H2,1-5H3. The minimum atomic E-state index is -3.57. The van der Waals surface area contributed by atoms with Crippen LogP contribution in [0.5, 0.6) is 0 Å². The number of benzene rings is 1. The van der Waals surface area contributed by atoms with Crippen LogP contribution in [-0.4, -0.2) is 54.7 Å². The van der Waals surface area contributed by atoms with Gasteiger partial charge in [-0.25, -0.2) is 8.42 Å². The van der Waals surface area contributed by atoms with Gasteiger partial charge >= 0.3 is 0 Å². The van der Waals surface area contributed by atoms with E-state index in [-0.39, 0.29) is 24.4 Å². The number of rotatable bonds is 3. The van der Waals surface area contributed by atoms with E-state index < -0.39 is 10.0 Å². The third-order valence-electron chi connectivity index (χ3n) is 5.34. The van der Waals surface area contributed by atoms with Crippen molar-refractivity contribution in [2.45, 2.75) is 44.9 Å². The highest BCUT2D eigenvalue weighted by atomic mass is 32.2. The number of aryl methyl sites for hydroxylation is 2. The van der Waals surface area contributed by atoms with Gasteiger partial charge < -0.3 is 4.90 Å². The van der Waals surface area contributed by atoms with Crippen LogP contribution >= 0.6 is 0 Å². The summed E-state index contributed by atoms with van der Waals surface area (Å²) in [6.45, 7) is 11.3. The normalized spacial score (nSPS) is 16.1. The number of aromatic nitrogens is 1. The molecule has 1 amide bonds. The highest BCUT2D eigenvalue weighted by Gasteiger charge is 2.31. The van der Waals surface area contributed by atoms with E-state index in [0.717, 1.165) is 11.3 Å². The van der Waals surface area contributed by atoms with E-state index in [2.05, 4.69) is 25.8 Å². The topological polar surface area (TPSA) is 70.6 Å². The number of pyridine rings is 1. The molecular formula is C22H29N3O3S. The van der Waals surface area contributed by atoms with E-state index in [4.69, 9.17) is 0 Å². The van der Waals surface area contributed by atoms with Crippen molar-refractivity contribution in [3.8, 4) is 0 Å². The van der Waals surface area contributed by atoms with Gasteiger partial charge in [0.1, 0.15) is 0 Å². The first kappa shape index (κ1) is 21.5. The molecule has 156 valence electrons. The highest BCUT2D eigenvalue weighted by molar-refractivity contribution is 7.89. The Morgan fingerprint density at radius 2 is 1.52 bits per heavy atom. The Kier molecular flexibility index (Phi) is 5.83. The predicted octanol–water partition coefficient (Wildman–Crippen LogP) is 3.14. The van der Waals surface area contributed by atoms with Crippen molar-refractivity contribution in [3.63, 3.8) is 0 Å². The first-order valence-corrected chi connectivity index (χ1v) is 11.3. The number of sulfonamides is 1. The molecule has 1 aromatic carbocycles. The lowest BCUT2D eigenvalue weighted by Gasteiger charge is -2.34. The van der Waals surface area contributed by atoms with Gasteiger partial charge in [-0.15, -0.1) is 0 Å². The van der Waals surface area contributed by atoms with Gasteiger partial charge in [-0.3, -0.25) is 9.78 Å². The fraction of sp³-hybridized carbons (Fsp3) is 0.455. The summed E-state index contributed by atoms with van der Waals surface area (Å²) >= 11 is 0. The number of carbonyl (C=O) groups excluding carboxylic acids is 1. The van der Waals surface area contributed by atoms with E-state index in [1.807, 2.05) is 32.0 Å². The maximum atomic E-state index is 13.0. The molecule has 1 aromatic heterocycles. The molecule has 1 saturated heterocycles. The van der Waals surface area contributed by atoms with Gasteiger partial charge in [0.25, 0.3) is 5.91 Å². The van der Waals surface area contributed by atoms with Crippen LogP contribution in [0.25, 0.3) is 0 Å². The summed E-state index contributed by atoms with van der Waals surface area (Å²) in [6.07, 6.45) is 0. The van der Waals surface area contributed by atoms with Crippen molar-refractivity contribution in [2.75, 3.05) is 26.2 Å². The van der Waals surface area contributed by atoms with Crippen molar-refractivity contribution in [1.82, 2.24) is 14.2 Å². The molecule has 29 heavy (non-hydrogen) atoms. The van der Waals surface area contributed by atoms with E-state index >= 15 is 0 Å². The smallest absolute Gasteiger partial charge is 0.255 e. The molecule has 2 aromatic rings. The lowest BCUT2D eigenvalue weighted by Crippen LogP contribution is -2.50. The second-order valence-electron chi connectivity index (χ2n) is 8.56. The summed E-state index contributed by atoms with van der Waals surface area (Å²) in [5.41, 5.74) is 3.20. The lowest BCUT2D eigenvalue weighted by atomic mass is 9.87. The third kappa shape index (κ3) is 4.51. The van der Waals surface area contributed by atoms with Crippen LogP contribution < -0.4 is 0 Å². The average Bonchev–Trinajstić information content (AvgIpc) is 2.67.